The summed E-state index contributed by atoms with van der Waals surface area (Å²) in [6, 6.07) is 11.1. The molecule has 2 rings (SSSR count). The van der Waals surface area contributed by atoms with Crippen molar-refractivity contribution in [1.82, 2.24) is 0 Å². The number of allylic oxidation sites excluding steroid dienone is 1. The van der Waals surface area contributed by atoms with Crippen molar-refractivity contribution in [2.24, 2.45) is 0 Å². The molecule has 178 valence electrons. The number of hydrogen-bond acceptors (Lipinski definition) is 2. The summed E-state index contributed by atoms with van der Waals surface area (Å²) in [5.74, 6) is 0. The van der Waals surface area contributed by atoms with Crippen LogP contribution in [0.25, 0.3) is 0 Å². The van der Waals surface area contributed by atoms with Gasteiger partial charge in [0.25, 0.3) is 0 Å². The van der Waals surface area contributed by atoms with Crippen LogP contribution in [0.3, 0.4) is 0 Å². The Kier molecular flexibility index (Phi) is 32.6. The van der Waals surface area contributed by atoms with Crippen LogP contribution in [0, 0.1) is 27.7 Å². The Bertz CT molecular complexity index is 679. The minimum atomic E-state index is 0.715. The van der Waals surface area contributed by atoms with Crippen molar-refractivity contribution < 1.29 is 0 Å². The molecule has 3 heteroatoms. The van der Waals surface area contributed by atoms with Crippen molar-refractivity contribution in [2.45, 2.75) is 80.1 Å². The van der Waals surface area contributed by atoms with Gasteiger partial charge in [0.1, 0.15) is 0 Å². The lowest BCUT2D eigenvalue weighted by molar-refractivity contribution is 0.961. The average molecular weight is 481 g/mol. The minimum absolute atomic E-state index is 0.715. The normalized spacial score (nSPS) is 8.52. The lowest BCUT2D eigenvalue weighted by Gasteiger charge is -2.12. The Morgan fingerprint density at radius 3 is 1.71 bits per heavy atom. The summed E-state index contributed by atoms with van der Waals surface area (Å²) in [5.41, 5.74) is 5.33. The third-order valence-corrected chi connectivity index (χ3v) is 5.80. The molecule has 0 radical (unpaired) electrons. The van der Waals surface area contributed by atoms with E-state index >= 15 is 0 Å². The van der Waals surface area contributed by atoms with Gasteiger partial charge in [0.2, 0.25) is 0 Å². The van der Waals surface area contributed by atoms with Gasteiger partial charge < -0.3 is 0 Å². The summed E-state index contributed by atoms with van der Waals surface area (Å²) in [6.07, 6.45) is 6.00. The summed E-state index contributed by atoms with van der Waals surface area (Å²) in [5, 5.41) is 2.84. The molecule has 0 aromatic heterocycles. The molecule has 0 fully saturated rings. The van der Waals surface area contributed by atoms with Crippen LogP contribution in [-0.2, 0) is 0 Å². The monoisotopic (exact) mass is 480 g/mol. The Morgan fingerprint density at radius 2 is 1.29 bits per heavy atom. The highest BCUT2D eigenvalue weighted by molar-refractivity contribution is 7.80. The number of rotatable bonds is 4. The third-order valence-electron chi connectivity index (χ3n) is 3.70. The van der Waals surface area contributed by atoms with Gasteiger partial charge in [-0.2, -0.15) is 12.6 Å². The number of hydrogen-bond donors (Lipinski definition) is 2. The van der Waals surface area contributed by atoms with Crippen molar-refractivity contribution in [3.8, 4) is 0 Å². The van der Waals surface area contributed by atoms with E-state index in [2.05, 4.69) is 110 Å². The molecule has 0 N–H and O–H groups in total. The maximum atomic E-state index is 4.53. The Balaban J connectivity index is -0.000000237. The summed E-state index contributed by atoms with van der Waals surface area (Å²) in [7, 11) is 0.715. The van der Waals surface area contributed by atoms with Gasteiger partial charge in [-0.1, -0.05) is 85.5 Å². The first kappa shape index (κ1) is 37.4. The maximum absolute atomic E-state index is 4.53. The molecular weight excluding hydrogens is 431 g/mol. The number of aryl methyl sites for hydroxylation is 4. The number of benzene rings is 2. The SMILES string of the molecule is C=C.C=CCCC.CC.CC.CS.Cc1ccc(C)c(Pc2cc(S)c(C)cc2C)c1. The van der Waals surface area contributed by atoms with Crippen LogP contribution >= 0.6 is 33.8 Å². The molecule has 1 unspecified atom stereocenters. The smallest absolute Gasteiger partial charge is 0.00757 e. The zero-order chi connectivity index (χ0) is 25.4. The topological polar surface area (TPSA) is 0 Å². The van der Waals surface area contributed by atoms with E-state index in [1.807, 2.05) is 33.8 Å². The molecule has 0 aliphatic carbocycles. The van der Waals surface area contributed by atoms with Crippen LogP contribution in [-0.4, -0.2) is 6.26 Å². The second-order valence-electron chi connectivity index (χ2n) is 5.97. The first-order chi connectivity index (χ1) is 14.9. The van der Waals surface area contributed by atoms with E-state index in [1.54, 1.807) is 6.26 Å². The van der Waals surface area contributed by atoms with E-state index in [-0.39, 0.29) is 0 Å². The highest BCUT2D eigenvalue weighted by atomic mass is 32.1. The molecule has 0 nitrogen and oxygen atoms in total. The lowest BCUT2D eigenvalue weighted by atomic mass is 10.1. The molecule has 0 saturated heterocycles. The Hall–Kier alpha value is -0.950. The first-order valence-corrected chi connectivity index (χ1v) is 13.4. The van der Waals surface area contributed by atoms with Crippen LogP contribution in [0.5, 0.6) is 0 Å². The fraction of sp³-hybridized carbons (Fsp3) is 0.429. The fourth-order valence-electron chi connectivity index (χ4n) is 2.20. The maximum Gasteiger partial charge on any atom is 0.00757 e. The average Bonchev–Trinajstić information content (AvgIpc) is 2.81. The van der Waals surface area contributed by atoms with Gasteiger partial charge in [-0.05, 0) is 73.7 Å². The van der Waals surface area contributed by atoms with E-state index in [1.165, 1.54) is 39.3 Å². The summed E-state index contributed by atoms with van der Waals surface area (Å²) < 4.78 is 0. The molecule has 2 aromatic rings. The molecule has 0 bridgehead atoms. The molecular formula is C28H49PS2. The van der Waals surface area contributed by atoms with E-state index < -0.39 is 0 Å². The third kappa shape index (κ3) is 18.3. The molecule has 0 heterocycles. The Labute approximate surface area is 208 Å². The van der Waals surface area contributed by atoms with Crippen molar-refractivity contribution in [3.05, 3.63) is 78.4 Å². The standard InChI is InChI=1S/C16H19PS.C5H10.2C2H6.C2H4.CH4S/c1-10-5-6-11(2)14(7-10)17-15-9-16(18)13(4)8-12(15)3;1-3-5-4-2;4*1-2/h5-9,17-18H,1-4H3;3H,1,4-5H2,2H3;2*1-2H3;1-2H2;2H,1H3. The zero-order valence-electron chi connectivity index (χ0n) is 21.9. The second-order valence-corrected chi connectivity index (χ2v) is 7.78. The molecule has 0 spiro atoms. The molecule has 2 aromatic carbocycles. The van der Waals surface area contributed by atoms with E-state index in [0.717, 1.165) is 11.3 Å². The van der Waals surface area contributed by atoms with E-state index in [0.29, 0.717) is 8.58 Å². The van der Waals surface area contributed by atoms with Gasteiger partial charge in [-0.3, -0.25) is 0 Å². The zero-order valence-corrected chi connectivity index (χ0v) is 24.7. The predicted octanol–water partition coefficient (Wildman–Crippen LogP) is 9.21. The van der Waals surface area contributed by atoms with Gasteiger partial charge >= 0.3 is 0 Å². The van der Waals surface area contributed by atoms with Gasteiger partial charge in [-0.15, -0.1) is 32.4 Å². The van der Waals surface area contributed by atoms with Crippen molar-refractivity contribution in [2.75, 3.05) is 6.26 Å². The fourth-order valence-corrected chi connectivity index (χ4v) is 3.87. The van der Waals surface area contributed by atoms with Crippen LogP contribution in [0.2, 0.25) is 0 Å². The van der Waals surface area contributed by atoms with Crippen molar-refractivity contribution in [1.29, 1.82) is 0 Å². The first-order valence-electron chi connectivity index (χ1n) is 11.1. The molecule has 0 amide bonds. The molecule has 0 aliphatic rings. The van der Waals surface area contributed by atoms with Crippen LogP contribution in [0.4, 0.5) is 0 Å². The highest BCUT2D eigenvalue weighted by Gasteiger charge is 2.06. The van der Waals surface area contributed by atoms with Gasteiger partial charge in [0.05, 0.1) is 0 Å². The van der Waals surface area contributed by atoms with Crippen LogP contribution < -0.4 is 10.6 Å². The summed E-state index contributed by atoms with van der Waals surface area (Å²) in [4.78, 5) is 1.09. The van der Waals surface area contributed by atoms with Crippen LogP contribution in [0.15, 0.2) is 61.0 Å². The summed E-state index contributed by atoms with van der Waals surface area (Å²) in [6.45, 7) is 28.3. The molecule has 31 heavy (non-hydrogen) atoms. The minimum Gasteiger partial charge on any atom is -0.183 e. The molecule has 1 atom stereocenters. The Morgan fingerprint density at radius 1 is 0.806 bits per heavy atom. The number of unbranched alkanes of at least 4 members (excludes halogenated alkanes) is 1. The molecule has 0 aliphatic heterocycles. The largest absolute Gasteiger partial charge is 0.183 e. The van der Waals surface area contributed by atoms with E-state index in [4.69, 9.17) is 0 Å². The highest BCUT2D eigenvalue weighted by Crippen LogP contribution is 2.21. The second kappa shape index (κ2) is 27.1. The van der Waals surface area contributed by atoms with E-state index in [9.17, 15) is 0 Å². The predicted molar refractivity (Wildman–Crippen MR) is 161 cm³/mol. The number of thiol groups is 2. The van der Waals surface area contributed by atoms with Crippen molar-refractivity contribution >= 4 is 44.4 Å². The van der Waals surface area contributed by atoms with Gasteiger partial charge in [-0.25, -0.2) is 0 Å². The quantitative estimate of drug-likeness (QED) is 0.243. The molecule has 0 saturated carbocycles. The lowest BCUT2D eigenvalue weighted by Crippen LogP contribution is -2.10. The van der Waals surface area contributed by atoms with Crippen LogP contribution in [0.1, 0.15) is 69.7 Å². The summed E-state index contributed by atoms with van der Waals surface area (Å²) >= 11 is 8.06. The van der Waals surface area contributed by atoms with Crippen molar-refractivity contribution in [3.63, 3.8) is 0 Å². The van der Waals surface area contributed by atoms with Gasteiger partial charge in [0.15, 0.2) is 0 Å². The van der Waals surface area contributed by atoms with Gasteiger partial charge in [0, 0.05) is 4.90 Å².